The van der Waals surface area contributed by atoms with Gasteiger partial charge in [0.25, 0.3) is 5.91 Å². The van der Waals surface area contributed by atoms with Crippen molar-refractivity contribution in [2.45, 2.75) is 0 Å². The lowest BCUT2D eigenvalue weighted by atomic mass is 10.2. The van der Waals surface area contributed by atoms with E-state index in [1.807, 2.05) is 0 Å². The summed E-state index contributed by atoms with van der Waals surface area (Å²) in [6.45, 7) is -0.527. The molecule has 0 fully saturated rings. The van der Waals surface area contributed by atoms with E-state index in [9.17, 15) is 14.0 Å². The van der Waals surface area contributed by atoms with Crippen molar-refractivity contribution in [1.29, 1.82) is 0 Å². The molecule has 7 nitrogen and oxygen atoms in total. The van der Waals surface area contributed by atoms with Gasteiger partial charge in [-0.05, 0) is 30.3 Å². The van der Waals surface area contributed by atoms with E-state index in [0.29, 0.717) is 17.2 Å². The number of carbonyl (C=O) groups excluding carboxylic acids is 2. The number of carbonyl (C=O) groups is 2. The summed E-state index contributed by atoms with van der Waals surface area (Å²) in [5.41, 5.74) is 0.418. The van der Waals surface area contributed by atoms with Crippen LogP contribution in [0.4, 0.5) is 10.1 Å². The molecule has 26 heavy (non-hydrogen) atoms. The standard InChI is InChI=1S/C18H18FNO6/c1-23-14-6-4-11(8-13(14)19)18(22)26-10-17(21)20-12-5-7-15(24-2)16(9-12)25-3/h4-9H,10H2,1-3H3,(H,20,21). The van der Waals surface area contributed by atoms with Gasteiger partial charge in [-0.15, -0.1) is 0 Å². The first-order chi connectivity index (χ1) is 12.5. The molecule has 138 valence electrons. The topological polar surface area (TPSA) is 83.1 Å². The number of hydrogen-bond acceptors (Lipinski definition) is 6. The van der Waals surface area contributed by atoms with Gasteiger partial charge >= 0.3 is 5.97 Å². The van der Waals surface area contributed by atoms with Gasteiger partial charge in [-0.25, -0.2) is 9.18 Å². The lowest BCUT2D eigenvalue weighted by Gasteiger charge is -2.11. The molecule has 0 aliphatic carbocycles. The Kier molecular flexibility index (Phi) is 6.37. The number of rotatable bonds is 7. The third-order valence-corrected chi connectivity index (χ3v) is 3.39. The molecule has 2 aromatic rings. The van der Waals surface area contributed by atoms with Gasteiger partial charge in [0, 0.05) is 11.8 Å². The normalized spacial score (nSPS) is 10.0. The molecule has 0 heterocycles. The van der Waals surface area contributed by atoms with Crippen LogP contribution >= 0.6 is 0 Å². The Balaban J connectivity index is 1.94. The number of anilines is 1. The minimum atomic E-state index is -0.825. The molecular formula is C18H18FNO6. The molecule has 8 heteroatoms. The molecule has 0 bridgehead atoms. The molecular weight excluding hydrogens is 345 g/mol. The summed E-state index contributed by atoms with van der Waals surface area (Å²) < 4.78 is 33.5. The van der Waals surface area contributed by atoms with Gasteiger partial charge in [0.1, 0.15) is 0 Å². The third-order valence-electron chi connectivity index (χ3n) is 3.39. The number of methoxy groups -OCH3 is 3. The van der Waals surface area contributed by atoms with E-state index >= 15 is 0 Å². The number of esters is 1. The van der Waals surface area contributed by atoms with Crippen LogP contribution in [-0.2, 0) is 9.53 Å². The summed E-state index contributed by atoms with van der Waals surface area (Å²) in [4.78, 5) is 23.8. The van der Waals surface area contributed by atoms with Crippen LogP contribution in [0.1, 0.15) is 10.4 Å². The number of benzene rings is 2. The zero-order valence-electron chi connectivity index (χ0n) is 14.5. The second-order valence-corrected chi connectivity index (χ2v) is 5.04. The van der Waals surface area contributed by atoms with Crippen molar-refractivity contribution in [3.63, 3.8) is 0 Å². The molecule has 0 saturated carbocycles. The Morgan fingerprint density at radius 2 is 1.58 bits per heavy atom. The summed E-state index contributed by atoms with van der Waals surface area (Å²) in [6, 6.07) is 8.43. The van der Waals surface area contributed by atoms with Crippen molar-refractivity contribution in [2.24, 2.45) is 0 Å². The second-order valence-electron chi connectivity index (χ2n) is 5.04. The minimum absolute atomic E-state index is 0.00717. The highest BCUT2D eigenvalue weighted by molar-refractivity contribution is 5.95. The van der Waals surface area contributed by atoms with Gasteiger partial charge < -0.3 is 24.3 Å². The zero-order chi connectivity index (χ0) is 19.1. The van der Waals surface area contributed by atoms with Crippen molar-refractivity contribution < 1.29 is 32.9 Å². The Labute approximate surface area is 149 Å². The van der Waals surface area contributed by atoms with Crippen LogP contribution in [0.5, 0.6) is 17.2 Å². The predicted molar refractivity (Wildman–Crippen MR) is 91.4 cm³/mol. The highest BCUT2D eigenvalue weighted by Gasteiger charge is 2.14. The van der Waals surface area contributed by atoms with E-state index in [-0.39, 0.29) is 11.3 Å². The molecule has 2 aromatic carbocycles. The van der Waals surface area contributed by atoms with Crippen molar-refractivity contribution in [3.8, 4) is 17.2 Å². The van der Waals surface area contributed by atoms with Gasteiger partial charge in [-0.3, -0.25) is 4.79 Å². The fourth-order valence-electron chi connectivity index (χ4n) is 2.12. The van der Waals surface area contributed by atoms with Gasteiger partial charge in [0.05, 0.1) is 26.9 Å². The molecule has 0 saturated heterocycles. The number of nitrogens with one attached hydrogen (secondary N) is 1. The Morgan fingerprint density at radius 1 is 0.923 bits per heavy atom. The molecule has 0 spiro atoms. The average molecular weight is 363 g/mol. The van der Waals surface area contributed by atoms with Crippen LogP contribution in [0.25, 0.3) is 0 Å². The van der Waals surface area contributed by atoms with E-state index in [4.69, 9.17) is 18.9 Å². The Hall–Kier alpha value is -3.29. The molecule has 0 unspecified atom stereocenters. The second kappa shape index (κ2) is 8.70. The van der Waals surface area contributed by atoms with Crippen molar-refractivity contribution >= 4 is 17.6 Å². The summed E-state index contributed by atoms with van der Waals surface area (Å²) in [6.07, 6.45) is 0. The van der Waals surface area contributed by atoms with E-state index in [0.717, 1.165) is 6.07 Å². The monoisotopic (exact) mass is 363 g/mol. The predicted octanol–water partition coefficient (Wildman–Crippen LogP) is 2.65. The van der Waals surface area contributed by atoms with Gasteiger partial charge in [0.2, 0.25) is 0 Å². The Morgan fingerprint density at radius 3 is 2.19 bits per heavy atom. The maximum atomic E-state index is 13.6. The average Bonchev–Trinajstić information content (AvgIpc) is 2.65. The highest BCUT2D eigenvalue weighted by atomic mass is 19.1. The molecule has 0 atom stereocenters. The molecule has 1 N–H and O–H groups in total. The largest absolute Gasteiger partial charge is 0.494 e. The van der Waals surface area contributed by atoms with Crippen LogP contribution in [0.3, 0.4) is 0 Å². The van der Waals surface area contributed by atoms with E-state index in [1.54, 1.807) is 18.2 Å². The SMILES string of the molecule is COc1ccc(C(=O)OCC(=O)Nc2ccc(OC)c(OC)c2)cc1F. The molecule has 2 rings (SSSR count). The zero-order valence-corrected chi connectivity index (χ0v) is 14.5. The van der Waals surface area contributed by atoms with Crippen molar-refractivity contribution in [1.82, 2.24) is 0 Å². The van der Waals surface area contributed by atoms with Crippen LogP contribution in [0.2, 0.25) is 0 Å². The van der Waals surface area contributed by atoms with Crippen molar-refractivity contribution in [3.05, 3.63) is 47.8 Å². The van der Waals surface area contributed by atoms with Gasteiger partial charge in [-0.1, -0.05) is 0 Å². The fourth-order valence-corrected chi connectivity index (χ4v) is 2.12. The first-order valence-electron chi connectivity index (χ1n) is 7.51. The van der Waals surface area contributed by atoms with Crippen LogP contribution in [-0.4, -0.2) is 39.8 Å². The van der Waals surface area contributed by atoms with E-state index < -0.39 is 24.3 Å². The smallest absolute Gasteiger partial charge is 0.338 e. The lowest BCUT2D eigenvalue weighted by molar-refractivity contribution is -0.119. The lowest BCUT2D eigenvalue weighted by Crippen LogP contribution is -2.21. The minimum Gasteiger partial charge on any atom is -0.494 e. The molecule has 0 radical (unpaired) electrons. The van der Waals surface area contributed by atoms with Crippen molar-refractivity contribution in [2.75, 3.05) is 33.3 Å². The van der Waals surface area contributed by atoms with Crippen LogP contribution < -0.4 is 19.5 Å². The van der Waals surface area contributed by atoms with Gasteiger partial charge in [-0.2, -0.15) is 0 Å². The first-order valence-corrected chi connectivity index (χ1v) is 7.51. The quantitative estimate of drug-likeness (QED) is 0.762. The summed E-state index contributed by atoms with van der Waals surface area (Å²) in [7, 11) is 4.28. The maximum absolute atomic E-state index is 13.6. The molecule has 0 aliphatic heterocycles. The van der Waals surface area contributed by atoms with E-state index in [1.165, 1.54) is 33.5 Å². The molecule has 1 amide bonds. The fraction of sp³-hybridized carbons (Fsp3) is 0.222. The number of halogens is 1. The maximum Gasteiger partial charge on any atom is 0.338 e. The Bertz CT molecular complexity index is 808. The summed E-state index contributed by atoms with van der Waals surface area (Å²) in [5, 5.41) is 2.56. The number of hydrogen-bond donors (Lipinski definition) is 1. The third kappa shape index (κ3) is 4.62. The number of ether oxygens (including phenoxy) is 4. The highest BCUT2D eigenvalue weighted by Crippen LogP contribution is 2.29. The summed E-state index contributed by atoms with van der Waals surface area (Å²) >= 11 is 0. The van der Waals surface area contributed by atoms with Crippen LogP contribution in [0, 0.1) is 5.82 Å². The van der Waals surface area contributed by atoms with E-state index in [2.05, 4.69) is 5.32 Å². The number of amides is 1. The molecule has 0 aliphatic rings. The van der Waals surface area contributed by atoms with Gasteiger partial charge in [0.15, 0.2) is 29.7 Å². The summed E-state index contributed by atoms with van der Waals surface area (Å²) in [5.74, 6) is -1.12. The first kappa shape index (κ1) is 19.0. The molecule has 0 aromatic heterocycles. The van der Waals surface area contributed by atoms with Crippen LogP contribution in [0.15, 0.2) is 36.4 Å².